The van der Waals surface area contributed by atoms with Crippen molar-refractivity contribution in [2.75, 3.05) is 17.1 Å². The van der Waals surface area contributed by atoms with E-state index >= 15 is 0 Å². The Bertz CT molecular complexity index is 1140. The van der Waals surface area contributed by atoms with Crippen LogP contribution in [0, 0.1) is 13.8 Å². The number of methoxy groups -OCH3 is 1. The molecule has 0 heterocycles. The van der Waals surface area contributed by atoms with Gasteiger partial charge in [0, 0.05) is 11.4 Å². The van der Waals surface area contributed by atoms with Gasteiger partial charge in [0.15, 0.2) is 0 Å². The molecule has 1 amide bonds. The van der Waals surface area contributed by atoms with Crippen LogP contribution in [0.15, 0.2) is 71.6 Å². The fraction of sp³-hybridized carbons (Fsp3) is 0.136. The first-order valence-corrected chi connectivity index (χ1v) is 10.4. The maximum absolute atomic E-state index is 12.6. The number of anilines is 2. The molecule has 0 aromatic heterocycles. The van der Waals surface area contributed by atoms with Crippen molar-refractivity contribution in [1.29, 1.82) is 0 Å². The molecule has 0 aliphatic rings. The lowest BCUT2D eigenvalue weighted by Gasteiger charge is -2.11. The molecule has 0 atom stereocenters. The predicted molar refractivity (Wildman–Crippen MR) is 114 cm³/mol. The molecule has 29 heavy (non-hydrogen) atoms. The number of para-hydroxylation sites is 1. The van der Waals surface area contributed by atoms with Gasteiger partial charge in [-0.05, 0) is 73.5 Å². The number of ether oxygens (including phenoxy) is 1. The number of nitrogens with one attached hydrogen (secondary N) is 2. The van der Waals surface area contributed by atoms with Gasteiger partial charge in [-0.3, -0.25) is 9.52 Å². The van der Waals surface area contributed by atoms with Crippen molar-refractivity contribution in [3.05, 3.63) is 83.4 Å². The summed E-state index contributed by atoms with van der Waals surface area (Å²) >= 11 is 0. The highest BCUT2D eigenvalue weighted by Gasteiger charge is 2.16. The molecule has 3 aromatic carbocycles. The van der Waals surface area contributed by atoms with E-state index in [1.54, 1.807) is 48.5 Å². The van der Waals surface area contributed by atoms with Gasteiger partial charge in [-0.15, -0.1) is 0 Å². The van der Waals surface area contributed by atoms with E-state index in [-0.39, 0.29) is 10.8 Å². The van der Waals surface area contributed by atoms with E-state index in [0.717, 1.165) is 11.1 Å². The lowest BCUT2D eigenvalue weighted by molar-refractivity contribution is 0.102. The molecule has 6 nitrogen and oxygen atoms in total. The Balaban J connectivity index is 1.75. The topological polar surface area (TPSA) is 84.5 Å². The summed E-state index contributed by atoms with van der Waals surface area (Å²) in [6, 6.07) is 18.2. The van der Waals surface area contributed by atoms with Gasteiger partial charge < -0.3 is 10.1 Å². The molecule has 0 saturated carbocycles. The van der Waals surface area contributed by atoms with Gasteiger partial charge in [0.1, 0.15) is 5.75 Å². The van der Waals surface area contributed by atoms with E-state index in [0.29, 0.717) is 22.7 Å². The molecular weight excluding hydrogens is 388 g/mol. The smallest absolute Gasteiger partial charge is 0.261 e. The lowest BCUT2D eigenvalue weighted by Crippen LogP contribution is -2.14. The minimum Gasteiger partial charge on any atom is -0.496 e. The number of hydrogen-bond acceptors (Lipinski definition) is 4. The monoisotopic (exact) mass is 410 g/mol. The molecule has 3 aromatic rings. The summed E-state index contributed by atoms with van der Waals surface area (Å²) in [5.74, 6) is 0.119. The number of carbonyl (C=O) groups excluding carboxylic acids is 1. The van der Waals surface area contributed by atoms with Crippen LogP contribution < -0.4 is 14.8 Å². The maximum atomic E-state index is 12.6. The van der Waals surface area contributed by atoms with Gasteiger partial charge in [0.2, 0.25) is 0 Å². The average molecular weight is 410 g/mol. The Hall–Kier alpha value is -3.32. The molecule has 0 spiro atoms. The van der Waals surface area contributed by atoms with Gasteiger partial charge in [0.25, 0.3) is 15.9 Å². The van der Waals surface area contributed by atoms with Crippen LogP contribution >= 0.6 is 0 Å². The van der Waals surface area contributed by atoms with E-state index in [4.69, 9.17) is 4.74 Å². The largest absolute Gasteiger partial charge is 0.496 e. The summed E-state index contributed by atoms with van der Waals surface area (Å²) in [6.45, 7) is 3.89. The fourth-order valence-corrected chi connectivity index (χ4v) is 3.82. The van der Waals surface area contributed by atoms with Crippen LogP contribution in [0.25, 0.3) is 0 Å². The molecular formula is C22H22N2O4S. The van der Waals surface area contributed by atoms with Crippen molar-refractivity contribution in [3.8, 4) is 5.75 Å². The summed E-state index contributed by atoms with van der Waals surface area (Å²) in [5.41, 5.74) is 3.46. The third kappa shape index (κ3) is 4.75. The molecule has 0 bridgehead atoms. The van der Waals surface area contributed by atoms with Crippen LogP contribution in [0.5, 0.6) is 5.75 Å². The predicted octanol–water partition coefficient (Wildman–Crippen LogP) is 4.37. The maximum Gasteiger partial charge on any atom is 0.261 e. The van der Waals surface area contributed by atoms with Crippen molar-refractivity contribution in [1.82, 2.24) is 0 Å². The van der Waals surface area contributed by atoms with E-state index in [1.165, 1.54) is 19.2 Å². The van der Waals surface area contributed by atoms with E-state index in [1.807, 2.05) is 19.9 Å². The minimum atomic E-state index is -3.73. The summed E-state index contributed by atoms with van der Waals surface area (Å²) in [5, 5.41) is 2.74. The Kier molecular flexibility index (Phi) is 5.89. The number of aryl methyl sites for hydroxylation is 2. The molecule has 0 aliphatic heterocycles. The molecule has 0 unspecified atom stereocenters. The van der Waals surface area contributed by atoms with Gasteiger partial charge in [-0.1, -0.05) is 18.2 Å². The Labute approximate surface area is 170 Å². The van der Waals surface area contributed by atoms with Crippen molar-refractivity contribution in [2.45, 2.75) is 18.7 Å². The standard InChI is InChI=1S/C22H22N2O4S/c1-15-8-9-18(14-16(15)2)24-29(26,27)19-12-10-17(11-13-19)23-22(25)20-6-4-5-7-21(20)28-3/h4-14,24H,1-3H3,(H,23,25). The summed E-state index contributed by atoms with van der Waals surface area (Å²) in [6.07, 6.45) is 0. The molecule has 3 rings (SSSR count). The first-order chi connectivity index (χ1) is 13.8. The second kappa shape index (κ2) is 8.36. The van der Waals surface area contributed by atoms with Crippen molar-refractivity contribution in [2.24, 2.45) is 0 Å². The lowest BCUT2D eigenvalue weighted by atomic mass is 10.1. The molecule has 0 radical (unpaired) electrons. The normalized spacial score (nSPS) is 11.0. The highest BCUT2D eigenvalue weighted by molar-refractivity contribution is 7.92. The van der Waals surface area contributed by atoms with Crippen molar-refractivity contribution < 1.29 is 17.9 Å². The number of sulfonamides is 1. The van der Waals surface area contributed by atoms with E-state index < -0.39 is 10.0 Å². The summed E-state index contributed by atoms with van der Waals surface area (Å²) in [7, 11) is -2.24. The van der Waals surface area contributed by atoms with Crippen LogP contribution in [-0.2, 0) is 10.0 Å². The highest BCUT2D eigenvalue weighted by atomic mass is 32.2. The third-order valence-corrected chi connectivity index (χ3v) is 5.93. The molecule has 2 N–H and O–H groups in total. The highest BCUT2D eigenvalue weighted by Crippen LogP contribution is 2.22. The molecule has 150 valence electrons. The van der Waals surface area contributed by atoms with Gasteiger partial charge in [0.05, 0.1) is 17.6 Å². The number of hydrogen-bond donors (Lipinski definition) is 2. The second-order valence-corrected chi connectivity index (χ2v) is 8.27. The number of rotatable bonds is 6. The average Bonchev–Trinajstić information content (AvgIpc) is 2.71. The van der Waals surface area contributed by atoms with E-state index in [2.05, 4.69) is 10.0 Å². The molecule has 7 heteroatoms. The first kappa shape index (κ1) is 20.4. The first-order valence-electron chi connectivity index (χ1n) is 8.94. The molecule has 0 aliphatic carbocycles. The second-order valence-electron chi connectivity index (χ2n) is 6.58. The van der Waals surface area contributed by atoms with Crippen LogP contribution in [0.3, 0.4) is 0 Å². The Morgan fingerprint density at radius 2 is 1.52 bits per heavy atom. The van der Waals surface area contributed by atoms with Crippen LogP contribution in [0.1, 0.15) is 21.5 Å². The zero-order valence-corrected chi connectivity index (χ0v) is 17.2. The SMILES string of the molecule is COc1ccccc1C(=O)Nc1ccc(S(=O)(=O)Nc2ccc(C)c(C)c2)cc1. The zero-order chi connectivity index (χ0) is 21.0. The molecule has 0 fully saturated rings. The van der Waals surface area contributed by atoms with Crippen LogP contribution in [-0.4, -0.2) is 21.4 Å². The van der Waals surface area contributed by atoms with Crippen molar-refractivity contribution >= 4 is 27.3 Å². The molecule has 0 saturated heterocycles. The fourth-order valence-electron chi connectivity index (χ4n) is 2.77. The number of carbonyl (C=O) groups is 1. The quantitative estimate of drug-likeness (QED) is 0.632. The van der Waals surface area contributed by atoms with Crippen LogP contribution in [0.2, 0.25) is 0 Å². The van der Waals surface area contributed by atoms with Crippen LogP contribution in [0.4, 0.5) is 11.4 Å². The Morgan fingerprint density at radius 3 is 2.17 bits per heavy atom. The van der Waals surface area contributed by atoms with Gasteiger partial charge >= 0.3 is 0 Å². The number of benzene rings is 3. The Morgan fingerprint density at radius 1 is 0.862 bits per heavy atom. The zero-order valence-electron chi connectivity index (χ0n) is 16.4. The van der Waals surface area contributed by atoms with E-state index in [9.17, 15) is 13.2 Å². The third-order valence-electron chi connectivity index (χ3n) is 4.53. The van der Waals surface area contributed by atoms with Gasteiger partial charge in [-0.2, -0.15) is 0 Å². The van der Waals surface area contributed by atoms with Crippen molar-refractivity contribution in [3.63, 3.8) is 0 Å². The van der Waals surface area contributed by atoms with Gasteiger partial charge in [-0.25, -0.2) is 8.42 Å². The summed E-state index contributed by atoms with van der Waals surface area (Å²) < 4.78 is 33.0. The minimum absolute atomic E-state index is 0.103. The number of amides is 1. The summed E-state index contributed by atoms with van der Waals surface area (Å²) in [4.78, 5) is 12.6.